The number of ether oxygens (including phenoxy) is 1. The van der Waals surface area contributed by atoms with E-state index in [1.54, 1.807) is 30.3 Å². The summed E-state index contributed by atoms with van der Waals surface area (Å²) in [5, 5.41) is 10.9. The highest BCUT2D eigenvalue weighted by atomic mass is 16.5. The first-order chi connectivity index (χ1) is 12.5. The van der Waals surface area contributed by atoms with Gasteiger partial charge in [0, 0.05) is 12.1 Å². The van der Waals surface area contributed by atoms with E-state index < -0.39 is 0 Å². The van der Waals surface area contributed by atoms with Crippen LogP contribution in [0.25, 0.3) is 21.9 Å². The van der Waals surface area contributed by atoms with Crippen LogP contribution in [0.5, 0.6) is 11.5 Å². The number of phenolic OH excluding ortho intramolecular Hbond substituents is 1. The van der Waals surface area contributed by atoms with Crippen molar-refractivity contribution in [2.75, 3.05) is 6.61 Å². The van der Waals surface area contributed by atoms with Crippen LogP contribution in [0.15, 0.2) is 68.9 Å². The first-order valence-electron chi connectivity index (χ1n) is 8.56. The molecule has 0 saturated carbocycles. The molecule has 3 aromatic rings. The fraction of sp³-hybridized carbons (Fsp3) is 0.227. The van der Waals surface area contributed by atoms with Gasteiger partial charge in [0.05, 0.1) is 5.39 Å². The summed E-state index contributed by atoms with van der Waals surface area (Å²) in [5.74, 6) is 0.321. The zero-order valence-electron chi connectivity index (χ0n) is 15.2. The topological polar surface area (TPSA) is 59.7 Å². The number of hydrogen-bond acceptors (Lipinski definition) is 4. The fourth-order valence-corrected chi connectivity index (χ4v) is 2.69. The Bertz CT molecular complexity index is 1070. The molecule has 0 amide bonds. The van der Waals surface area contributed by atoms with Crippen molar-refractivity contribution in [1.82, 2.24) is 0 Å². The Morgan fingerprint density at radius 3 is 2.65 bits per heavy atom. The van der Waals surface area contributed by atoms with E-state index in [4.69, 9.17) is 9.15 Å². The minimum atomic E-state index is -0.247. The van der Waals surface area contributed by atoms with E-state index in [2.05, 4.69) is 19.9 Å². The standard InChI is InChI=1S/C22H22O4/c1-14(2)8-9-15(3)10-11-25-16-12-18(23)21-20(13-16)26-19-7-5-4-6-17(19)22(21)24/h4-8,10,12-13,23H,9,11H2,1-3H3/b15-10+. The number of aromatic hydroxyl groups is 1. The molecule has 3 rings (SSSR count). The van der Waals surface area contributed by atoms with Crippen molar-refractivity contribution in [2.45, 2.75) is 27.2 Å². The summed E-state index contributed by atoms with van der Waals surface area (Å²) in [4.78, 5) is 12.6. The van der Waals surface area contributed by atoms with Gasteiger partial charge in [-0.3, -0.25) is 4.79 Å². The molecule has 0 radical (unpaired) electrons. The third-order valence-corrected chi connectivity index (χ3v) is 4.15. The molecule has 0 fully saturated rings. The quantitative estimate of drug-likeness (QED) is 0.499. The average molecular weight is 350 g/mol. The largest absolute Gasteiger partial charge is 0.507 e. The normalized spacial score (nSPS) is 11.7. The van der Waals surface area contributed by atoms with Crippen molar-refractivity contribution < 1.29 is 14.3 Å². The smallest absolute Gasteiger partial charge is 0.204 e. The van der Waals surface area contributed by atoms with Crippen LogP contribution < -0.4 is 10.2 Å². The zero-order chi connectivity index (χ0) is 18.7. The van der Waals surface area contributed by atoms with E-state index in [1.807, 2.05) is 13.0 Å². The van der Waals surface area contributed by atoms with Gasteiger partial charge in [0.15, 0.2) is 0 Å². The van der Waals surface area contributed by atoms with Gasteiger partial charge in [0.25, 0.3) is 0 Å². The van der Waals surface area contributed by atoms with E-state index in [1.165, 1.54) is 17.2 Å². The van der Waals surface area contributed by atoms with Gasteiger partial charge in [-0.2, -0.15) is 0 Å². The minimum Gasteiger partial charge on any atom is -0.507 e. The molecule has 4 heteroatoms. The van der Waals surface area contributed by atoms with Gasteiger partial charge in [0.1, 0.15) is 34.7 Å². The van der Waals surface area contributed by atoms with Gasteiger partial charge in [-0.15, -0.1) is 0 Å². The molecule has 0 aliphatic heterocycles. The molecule has 134 valence electrons. The maximum absolute atomic E-state index is 12.6. The first-order valence-corrected chi connectivity index (χ1v) is 8.56. The van der Waals surface area contributed by atoms with Gasteiger partial charge >= 0.3 is 0 Å². The maximum Gasteiger partial charge on any atom is 0.204 e. The van der Waals surface area contributed by atoms with Crippen LogP contribution in [-0.4, -0.2) is 11.7 Å². The van der Waals surface area contributed by atoms with Crippen LogP contribution in [0, 0.1) is 0 Å². The molecular weight excluding hydrogens is 328 g/mol. The molecule has 1 N–H and O–H groups in total. The van der Waals surface area contributed by atoms with Crippen molar-refractivity contribution in [3.8, 4) is 11.5 Å². The Balaban J connectivity index is 1.89. The lowest BCUT2D eigenvalue weighted by atomic mass is 10.1. The summed E-state index contributed by atoms with van der Waals surface area (Å²) < 4.78 is 11.5. The average Bonchev–Trinajstić information content (AvgIpc) is 2.59. The minimum absolute atomic E-state index is 0.137. The van der Waals surface area contributed by atoms with E-state index >= 15 is 0 Å². The zero-order valence-corrected chi connectivity index (χ0v) is 15.2. The molecule has 26 heavy (non-hydrogen) atoms. The van der Waals surface area contributed by atoms with E-state index in [0.29, 0.717) is 28.9 Å². The molecule has 0 aliphatic rings. The van der Waals surface area contributed by atoms with Gasteiger partial charge in [-0.1, -0.05) is 29.4 Å². The van der Waals surface area contributed by atoms with Crippen molar-refractivity contribution in [2.24, 2.45) is 0 Å². The second-order valence-electron chi connectivity index (χ2n) is 6.59. The predicted octanol–water partition coefficient (Wildman–Crippen LogP) is 5.33. The number of hydrogen-bond donors (Lipinski definition) is 1. The summed E-state index contributed by atoms with van der Waals surface area (Å²) in [6.07, 6.45) is 5.04. The second kappa shape index (κ2) is 7.48. The summed E-state index contributed by atoms with van der Waals surface area (Å²) in [6, 6.07) is 10.1. The molecule has 0 saturated heterocycles. The summed E-state index contributed by atoms with van der Waals surface area (Å²) in [7, 11) is 0. The molecule has 1 heterocycles. The van der Waals surface area contributed by atoms with E-state index in [-0.39, 0.29) is 16.6 Å². The highest BCUT2D eigenvalue weighted by molar-refractivity contribution is 5.93. The monoisotopic (exact) mass is 350 g/mol. The molecule has 0 bridgehead atoms. The Labute approximate surface area is 152 Å². The van der Waals surface area contributed by atoms with E-state index in [0.717, 1.165) is 6.42 Å². The lowest BCUT2D eigenvalue weighted by Crippen LogP contribution is -2.03. The Morgan fingerprint density at radius 2 is 1.88 bits per heavy atom. The second-order valence-corrected chi connectivity index (χ2v) is 6.59. The van der Waals surface area contributed by atoms with Crippen LogP contribution in [-0.2, 0) is 0 Å². The molecular formula is C22H22O4. The van der Waals surface area contributed by atoms with Crippen LogP contribution in [0.3, 0.4) is 0 Å². The summed E-state index contributed by atoms with van der Waals surface area (Å²) in [5.41, 5.74) is 3.03. The Kier molecular flexibility index (Phi) is 5.12. The first kappa shape index (κ1) is 17.8. The predicted molar refractivity (Wildman–Crippen MR) is 105 cm³/mol. The number of benzene rings is 2. The molecule has 0 spiro atoms. The van der Waals surface area contributed by atoms with Crippen LogP contribution in [0.2, 0.25) is 0 Å². The third kappa shape index (κ3) is 3.80. The molecule has 1 aromatic heterocycles. The van der Waals surface area contributed by atoms with Gasteiger partial charge in [-0.25, -0.2) is 0 Å². The highest BCUT2D eigenvalue weighted by Crippen LogP contribution is 2.30. The molecule has 4 nitrogen and oxygen atoms in total. The Morgan fingerprint density at radius 1 is 1.12 bits per heavy atom. The van der Waals surface area contributed by atoms with Crippen molar-refractivity contribution >= 4 is 21.9 Å². The van der Waals surface area contributed by atoms with E-state index in [9.17, 15) is 9.90 Å². The van der Waals surface area contributed by atoms with Crippen molar-refractivity contribution in [3.63, 3.8) is 0 Å². The summed E-state index contributed by atoms with van der Waals surface area (Å²) >= 11 is 0. The van der Waals surface area contributed by atoms with Crippen LogP contribution in [0.4, 0.5) is 0 Å². The van der Waals surface area contributed by atoms with Gasteiger partial charge in [-0.05, 0) is 45.4 Å². The van der Waals surface area contributed by atoms with Gasteiger partial charge < -0.3 is 14.3 Å². The molecule has 0 atom stereocenters. The molecule has 0 unspecified atom stereocenters. The molecule has 0 aliphatic carbocycles. The Hall–Kier alpha value is -3.01. The number of para-hydroxylation sites is 1. The lowest BCUT2D eigenvalue weighted by molar-refractivity contribution is 0.358. The SMILES string of the molecule is CC(C)=CC/C(C)=C/COc1cc(O)c2c(=O)c3ccccc3oc2c1. The van der Waals surface area contributed by atoms with Gasteiger partial charge in [0.2, 0.25) is 5.43 Å². The highest BCUT2D eigenvalue weighted by Gasteiger charge is 2.13. The van der Waals surface area contributed by atoms with Crippen LogP contribution in [0.1, 0.15) is 27.2 Å². The number of allylic oxidation sites excluding steroid dienone is 3. The number of rotatable bonds is 5. The number of fused-ring (bicyclic) bond motifs is 2. The van der Waals surface area contributed by atoms with Crippen molar-refractivity contribution in [3.05, 3.63) is 69.9 Å². The fourth-order valence-electron chi connectivity index (χ4n) is 2.69. The lowest BCUT2D eigenvalue weighted by Gasteiger charge is -2.08. The van der Waals surface area contributed by atoms with Crippen LogP contribution >= 0.6 is 0 Å². The van der Waals surface area contributed by atoms with Crippen molar-refractivity contribution in [1.29, 1.82) is 0 Å². The maximum atomic E-state index is 12.6. The number of phenols is 1. The molecule has 2 aromatic carbocycles. The summed E-state index contributed by atoms with van der Waals surface area (Å²) in [6.45, 7) is 6.56. The third-order valence-electron chi connectivity index (χ3n) is 4.15.